The van der Waals surface area contributed by atoms with Crippen molar-refractivity contribution in [3.8, 4) is 16.9 Å². The van der Waals surface area contributed by atoms with Crippen LogP contribution in [0.25, 0.3) is 11.1 Å². The smallest absolute Gasteiger partial charge is 0.290 e. The number of rotatable bonds is 11. The highest BCUT2D eigenvalue weighted by Crippen LogP contribution is 2.41. The van der Waals surface area contributed by atoms with Crippen LogP contribution in [-0.4, -0.2) is 39.8 Å². The number of benzene rings is 3. The van der Waals surface area contributed by atoms with Gasteiger partial charge in [0, 0.05) is 11.1 Å². The van der Waals surface area contributed by atoms with E-state index in [1.54, 1.807) is 4.90 Å². The van der Waals surface area contributed by atoms with Gasteiger partial charge in [0.15, 0.2) is 0 Å². The molecule has 0 atom stereocenters. The highest BCUT2D eigenvalue weighted by Gasteiger charge is 2.49. The molecule has 0 heterocycles. The Morgan fingerprint density at radius 1 is 0.973 bits per heavy atom. The third-order valence-corrected chi connectivity index (χ3v) is 6.59. The normalized spacial score (nSPS) is 13.2. The van der Waals surface area contributed by atoms with Gasteiger partial charge in [0.25, 0.3) is 12.4 Å². The molecule has 0 radical (unpaired) electrons. The summed E-state index contributed by atoms with van der Waals surface area (Å²) in [6, 6.07) is 23.7. The number of amides is 1. The van der Waals surface area contributed by atoms with Crippen LogP contribution in [-0.2, 0) is 11.3 Å². The second-order valence-electron chi connectivity index (χ2n) is 9.39. The SMILES string of the molecule is CCCCCCOc1ccccc1CN(C(=O)c1ccc(-c2ccccc2C)cc1)C1(O)CC1.O=CO. The van der Waals surface area contributed by atoms with Crippen molar-refractivity contribution in [2.75, 3.05) is 6.61 Å². The molecule has 0 aliphatic heterocycles. The van der Waals surface area contributed by atoms with Crippen LogP contribution in [0.15, 0.2) is 72.8 Å². The first-order chi connectivity index (χ1) is 17.9. The molecular weight excluding hydrogens is 466 g/mol. The van der Waals surface area contributed by atoms with Gasteiger partial charge in [-0.25, -0.2) is 0 Å². The molecule has 6 nitrogen and oxygen atoms in total. The lowest BCUT2D eigenvalue weighted by atomic mass is 9.99. The zero-order valence-electron chi connectivity index (χ0n) is 21.7. The second kappa shape index (κ2) is 13.6. The predicted octanol–water partition coefficient (Wildman–Crippen LogP) is 6.45. The third-order valence-electron chi connectivity index (χ3n) is 6.59. The van der Waals surface area contributed by atoms with Crippen molar-refractivity contribution >= 4 is 12.4 Å². The number of hydrogen-bond acceptors (Lipinski definition) is 4. The number of hydrogen-bond donors (Lipinski definition) is 2. The van der Waals surface area contributed by atoms with Crippen LogP contribution in [0.2, 0.25) is 0 Å². The lowest BCUT2D eigenvalue weighted by molar-refractivity contribution is -0.122. The fraction of sp³-hybridized carbons (Fsp3) is 0.355. The van der Waals surface area contributed by atoms with Gasteiger partial charge in [0.1, 0.15) is 11.5 Å². The number of ether oxygens (including phenoxy) is 1. The monoisotopic (exact) mass is 503 g/mol. The van der Waals surface area contributed by atoms with Crippen LogP contribution in [0.1, 0.15) is 66.9 Å². The molecule has 0 aromatic heterocycles. The van der Waals surface area contributed by atoms with Gasteiger partial charge in [-0.1, -0.05) is 80.8 Å². The lowest BCUT2D eigenvalue weighted by Gasteiger charge is -2.29. The first-order valence-electron chi connectivity index (χ1n) is 12.9. The maximum atomic E-state index is 13.5. The number of aryl methyl sites for hydroxylation is 1. The van der Waals surface area contributed by atoms with Crippen LogP contribution >= 0.6 is 0 Å². The van der Waals surface area contributed by atoms with Crippen molar-refractivity contribution in [2.24, 2.45) is 0 Å². The summed E-state index contributed by atoms with van der Waals surface area (Å²) in [5.74, 6) is 0.630. The molecule has 0 spiro atoms. The van der Waals surface area contributed by atoms with Gasteiger partial charge in [-0.3, -0.25) is 9.59 Å². The van der Waals surface area contributed by atoms with E-state index in [0.717, 1.165) is 35.3 Å². The van der Waals surface area contributed by atoms with Crippen LogP contribution in [0.3, 0.4) is 0 Å². The van der Waals surface area contributed by atoms with E-state index in [4.69, 9.17) is 14.6 Å². The molecule has 196 valence electrons. The van der Waals surface area contributed by atoms with E-state index in [-0.39, 0.29) is 12.4 Å². The zero-order chi connectivity index (χ0) is 26.7. The molecule has 4 rings (SSSR count). The van der Waals surface area contributed by atoms with Gasteiger partial charge in [-0.15, -0.1) is 0 Å². The molecule has 1 saturated carbocycles. The number of nitrogens with zero attached hydrogens (tertiary/aromatic N) is 1. The number of unbranched alkanes of at least 4 members (excludes halogenated alkanes) is 3. The Bertz CT molecular complexity index is 1150. The summed E-state index contributed by atoms with van der Waals surface area (Å²) >= 11 is 0. The molecule has 1 aliphatic carbocycles. The first-order valence-corrected chi connectivity index (χ1v) is 12.9. The topological polar surface area (TPSA) is 87.1 Å². The van der Waals surface area contributed by atoms with E-state index in [0.29, 0.717) is 31.6 Å². The van der Waals surface area contributed by atoms with Crippen molar-refractivity contribution < 1.29 is 24.5 Å². The van der Waals surface area contributed by atoms with Crippen molar-refractivity contribution in [3.05, 3.63) is 89.5 Å². The number of para-hydroxylation sites is 1. The van der Waals surface area contributed by atoms with E-state index in [1.165, 1.54) is 18.4 Å². The zero-order valence-corrected chi connectivity index (χ0v) is 21.7. The van der Waals surface area contributed by atoms with Gasteiger partial charge in [0.05, 0.1) is 13.2 Å². The van der Waals surface area contributed by atoms with Crippen molar-refractivity contribution in [2.45, 2.75) is 64.6 Å². The van der Waals surface area contributed by atoms with Gasteiger partial charge in [-0.05, 0) is 61.1 Å². The fourth-order valence-electron chi connectivity index (χ4n) is 4.29. The van der Waals surface area contributed by atoms with E-state index < -0.39 is 5.72 Å². The summed E-state index contributed by atoms with van der Waals surface area (Å²) < 4.78 is 6.06. The van der Waals surface area contributed by atoms with Gasteiger partial charge in [0.2, 0.25) is 0 Å². The fourth-order valence-corrected chi connectivity index (χ4v) is 4.29. The summed E-state index contributed by atoms with van der Waals surface area (Å²) in [4.78, 5) is 23.5. The van der Waals surface area contributed by atoms with Crippen molar-refractivity contribution in [1.82, 2.24) is 4.90 Å². The van der Waals surface area contributed by atoms with E-state index in [9.17, 15) is 9.90 Å². The highest BCUT2D eigenvalue weighted by atomic mass is 16.5. The van der Waals surface area contributed by atoms with Gasteiger partial charge < -0.3 is 19.8 Å². The second-order valence-corrected chi connectivity index (χ2v) is 9.39. The first kappa shape index (κ1) is 27.9. The Hall–Kier alpha value is -3.64. The van der Waals surface area contributed by atoms with Gasteiger partial charge in [-0.2, -0.15) is 0 Å². The van der Waals surface area contributed by atoms with E-state index in [2.05, 4.69) is 26.0 Å². The van der Waals surface area contributed by atoms with Gasteiger partial charge >= 0.3 is 0 Å². The highest BCUT2D eigenvalue weighted by molar-refractivity contribution is 5.95. The van der Waals surface area contributed by atoms with Crippen LogP contribution < -0.4 is 4.74 Å². The average molecular weight is 504 g/mol. The minimum absolute atomic E-state index is 0.158. The van der Waals surface area contributed by atoms with E-state index >= 15 is 0 Å². The number of carboxylic acid groups (broad SMARTS) is 1. The van der Waals surface area contributed by atoms with E-state index in [1.807, 2.05) is 60.7 Å². The Morgan fingerprint density at radius 3 is 2.27 bits per heavy atom. The standard InChI is InChI=1S/C30H35NO3.CH2O2/c1-3-4-5-10-21-34-28-14-9-7-12-26(28)22-31(30(33)19-20-30)29(32)25-17-15-24(16-18-25)27-13-8-6-11-23(27)2;2-1-3/h6-9,11-18,33H,3-5,10,19-22H2,1-2H3;1H,(H,2,3). The molecule has 6 heteroatoms. The molecule has 37 heavy (non-hydrogen) atoms. The average Bonchev–Trinajstić information content (AvgIpc) is 3.66. The molecule has 0 bridgehead atoms. The molecular formula is C31H37NO5. The Balaban J connectivity index is 0.00000121. The molecule has 0 unspecified atom stereocenters. The van der Waals surface area contributed by atoms with Crippen LogP contribution in [0, 0.1) is 6.92 Å². The number of carbonyl (C=O) groups excluding carboxylic acids is 1. The lowest BCUT2D eigenvalue weighted by Crippen LogP contribution is -2.41. The Kier molecular flexibility index (Phi) is 10.3. The summed E-state index contributed by atoms with van der Waals surface area (Å²) in [7, 11) is 0. The number of aliphatic hydroxyl groups is 1. The maximum absolute atomic E-state index is 13.5. The Labute approximate surface area is 219 Å². The quantitative estimate of drug-likeness (QED) is 0.178. The molecule has 3 aromatic rings. The minimum Gasteiger partial charge on any atom is -0.493 e. The predicted molar refractivity (Wildman–Crippen MR) is 145 cm³/mol. The molecule has 3 aromatic carbocycles. The van der Waals surface area contributed by atoms with Crippen molar-refractivity contribution in [3.63, 3.8) is 0 Å². The largest absolute Gasteiger partial charge is 0.493 e. The summed E-state index contributed by atoms with van der Waals surface area (Å²) in [6.45, 7) is 5.01. The summed E-state index contributed by atoms with van der Waals surface area (Å²) in [5.41, 5.74) is 3.85. The van der Waals surface area contributed by atoms with Crippen LogP contribution in [0.5, 0.6) is 5.75 Å². The minimum atomic E-state index is -1.08. The summed E-state index contributed by atoms with van der Waals surface area (Å²) in [5, 5.41) is 17.9. The summed E-state index contributed by atoms with van der Waals surface area (Å²) in [6.07, 6.45) is 5.77. The maximum Gasteiger partial charge on any atom is 0.290 e. The molecule has 1 fully saturated rings. The Morgan fingerprint density at radius 2 is 1.62 bits per heavy atom. The third kappa shape index (κ3) is 7.67. The molecule has 1 aliphatic rings. The van der Waals surface area contributed by atoms with Crippen LogP contribution in [0.4, 0.5) is 0 Å². The molecule has 1 amide bonds. The molecule has 2 N–H and O–H groups in total. The van der Waals surface area contributed by atoms with Crippen molar-refractivity contribution in [1.29, 1.82) is 0 Å². The number of carbonyl (C=O) groups is 2. The molecule has 0 saturated heterocycles.